The molecule has 0 aliphatic carbocycles. The van der Waals surface area contributed by atoms with Gasteiger partial charge in [0.2, 0.25) is 0 Å². The van der Waals surface area contributed by atoms with Gasteiger partial charge in [-0.05, 0) is 49.2 Å². The van der Waals surface area contributed by atoms with E-state index in [0.29, 0.717) is 18.2 Å². The van der Waals surface area contributed by atoms with Gasteiger partial charge in [-0.2, -0.15) is 0 Å². The van der Waals surface area contributed by atoms with Gasteiger partial charge in [0, 0.05) is 17.3 Å². The van der Waals surface area contributed by atoms with Crippen molar-refractivity contribution in [3.05, 3.63) is 59.7 Å². The van der Waals surface area contributed by atoms with E-state index in [2.05, 4.69) is 24.0 Å². The lowest BCUT2D eigenvalue weighted by Crippen LogP contribution is -2.34. The number of hydrogen-bond donors (Lipinski definition) is 1. The summed E-state index contributed by atoms with van der Waals surface area (Å²) in [5.74, 6) is 0.259. The summed E-state index contributed by atoms with van der Waals surface area (Å²) < 4.78 is 0. The van der Waals surface area contributed by atoms with Gasteiger partial charge in [-0.1, -0.05) is 18.2 Å². The lowest BCUT2D eigenvalue weighted by Gasteiger charge is -2.24. The quantitative estimate of drug-likeness (QED) is 0.869. The van der Waals surface area contributed by atoms with Crippen LogP contribution >= 0.6 is 0 Å². The number of phenols is 1. The molecule has 3 heteroatoms. The van der Waals surface area contributed by atoms with Crippen LogP contribution in [0.5, 0.6) is 5.75 Å². The summed E-state index contributed by atoms with van der Waals surface area (Å²) in [4.78, 5) is 14.5. The Kier molecular flexibility index (Phi) is 3.18. The van der Waals surface area contributed by atoms with E-state index in [9.17, 15) is 9.90 Å². The molecule has 1 atom stereocenters. The van der Waals surface area contributed by atoms with Crippen molar-refractivity contribution in [1.29, 1.82) is 0 Å². The molecule has 2 aromatic rings. The zero-order valence-corrected chi connectivity index (χ0v) is 11.4. The number of para-hydroxylation sites is 1. The molecule has 2 aromatic carbocycles. The third kappa shape index (κ3) is 2.27. The van der Waals surface area contributed by atoms with E-state index in [1.165, 1.54) is 5.56 Å². The Morgan fingerprint density at radius 1 is 1.20 bits per heavy atom. The number of rotatable bonds is 3. The van der Waals surface area contributed by atoms with Crippen LogP contribution in [0.15, 0.2) is 48.5 Å². The van der Waals surface area contributed by atoms with E-state index in [-0.39, 0.29) is 11.5 Å². The number of Topliss-reactive ketones (excluding diaryl/α,β-unsaturated/α-hetero) is 1. The molecule has 1 N–H and O–H groups in total. The summed E-state index contributed by atoms with van der Waals surface area (Å²) in [7, 11) is 0. The van der Waals surface area contributed by atoms with Crippen molar-refractivity contribution in [1.82, 2.24) is 0 Å². The van der Waals surface area contributed by atoms with E-state index in [1.807, 2.05) is 12.1 Å². The van der Waals surface area contributed by atoms with Gasteiger partial charge in [0.05, 0.1) is 6.54 Å². The standard InChI is InChI=1S/C17H17NO2/c1-12-10-14-4-2-3-5-16(14)18(12)11-17(20)13-6-8-15(19)9-7-13/h2-9,12,19H,10-11H2,1H3. The smallest absolute Gasteiger partial charge is 0.182 e. The summed E-state index contributed by atoms with van der Waals surface area (Å²) in [5, 5.41) is 9.27. The molecule has 0 radical (unpaired) electrons. The number of aromatic hydroxyl groups is 1. The third-order valence-corrected chi connectivity index (χ3v) is 3.85. The number of ketones is 1. The average Bonchev–Trinajstić information content (AvgIpc) is 2.76. The van der Waals surface area contributed by atoms with E-state index >= 15 is 0 Å². The summed E-state index contributed by atoms with van der Waals surface area (Å²) in [6, 6.07) is 15.0. The van der Waals surface area contributed by atoms with Crippen LogP contribution in [-0.4, -0.2) is 23.5 Å². The summed E-state index contributed by atoms with van der Waals surface area (Å²) in [6.07, 6.45) is 0.985. The molecule has 0 amide bonds. The second-order valence-corrected chi connectivity index (χ2v) is 5.28. The van der Waals surface area contributed by atoms with E-state index in [1.54, 1.807) is 24.3 Å². The Balaban J connectivity index is 1.81. The van der Waals surface area contributed by atoms with Crippen LogP contribution < -0.4 is 4.90 Å². The molecule has 0 saturated heterocycles. The number of hydrogen-bond acceptors (Lipinski definition) is 3. The van der Waals surface area contributed by atoms with Crippen LogP contribution in [0, 0.1) is 0 Å². The van der Waals surface area contributed by atoms with Crippen LogP contribution in [0.25, 0.3) is 0 Å². The summed E-state index contributed by atoms with van der Waals surface area (Å²) >= 11 is 0. The Bertz CT molecular complexity index is 634. The van der Waals surface area contributed by atoms with Crippen LogP contribution in [0.3, 0.4) is 0 Å². The van der Waals surface area contributed by atoms with Crippen molar-refractivity contribution in [3.8, 4) is 5.75 Å². The highest BCUT2D eigenvalue weighted by Gasteiger charge is 2.27. The summed E-state index contributed by atoms with van der Waals surface area (Å²) in [6.45, 7) is 2.52. The molecule has 1 aliphatic heterocycles. The maximum atomic E-state index is 12.3. The van der Waals surface area contributed by atoms with Crippen LogP contribution in [0.2, 0.25) is 0 Å². The first-order valence-corrected chi connectivity index (χ1v) is 6.82. The van der Waals surface area contributed by atoms with Gasteiger partial charge < -0.3 is 10.0 Å². The fourth-order valence-electron chi connectivity index (χ4n) is 2.76. The second kappa shape index (κ2) is 5.00. The maximum Gasteiger partial charge on any atom is 0.182 e. The third-order valence-electron chi connectivity index (χ3n) is 3.85. The highest BCUT2D eigenvalue weighted by Crippen LogP contribution is 2.31. The molecular weight excluding hydrogens is 250 g/mol. The minimum absolute atomic E-state index is 0.0774. The van der Waals surface area contributed by atoms with Gasteiger partial charge in [0.1, 0.15) is 5.75 Å². The zero-order valence-electron chi connectivity index (χ0n) is 11.4. The minimum atomic E-state index is 0.0774. The van der Waals surface area contributed by atoms with Crippen LogP contribution in [0.1, 0.15) is 22.8 Å². The molecule has 0 aromatic heterocycles. The van der Waals surface area contributed by atoms with Gasteiger partial charge in [-0.3, -0.25) is 4.79 Å². The predicted molar refractivity (Wildman–Crippen MR) is 79.4 cm³/mol. The molecule has 102 valence electrons. The normalized spacial score (nSPS) is 17.1. The summed E-state index contributed by atoms with van der Waals surface area (Å²) in [5.41, 5.74) is 3.10. The average molecular weight is 267 g/mol. The molecule has 20 heavy (non-hydrogen) atoms. The van der Waals surface area contributed by atoms with Gasteiger partial charge >= 0.3 is 0 Å². The largest absolute Gasteiger partial charge is 0.508 e. The van der Waals surface area contributed by atoms with E-state index in [4.69, 9.17) is 0 Å². The van der Waals surface area contributed by atoms with Crippen molar-refractivity contribution >= 4 is 11.5 Å². The monoisotopic (exact) mass is 267 g/mol. The van der Waals surface area contributed by atoms with E-state index < -0.39 is 0 Å². The molecule has 1 heterocycles. The first-order chi connectivity index (χ1) is 9.65. The van der Waals surface area contributed by atoms with Gasteiger partial charge in [-0.15, -0.1) is 0 Å². The SMILES string of the molecule is CC1Cc2ccccc2N1CC(=O)c1ccc(O)cc1. The lowest BCUT2D eigenvalue weighted by atomic mass is 10.1. The highest BCUT2D eigenvalue weighted by atomic mass is 16.3. The van der Waals surface area contributed by atoms with Crippen molar-refractivity contribution < 1.29 is 9.90 Å². The first kappa shape index (κ1) is 12.7. The van der Waals surface area contributed by atoms with Crippen molar-refractivity contribution in [2.45, 2.75) is 19.4 Å². The lowest BCUT2D eigenvalue weighted by molar-refractivity contribution is 0.0997. The number of phenolic OH excluding ortho intramolecular Hbond substituents is 1. The Morgan fingerprint density at radius 2 is 1.90 bits per heavy atom. The number of benzene rings is 2. The van der Waals surface area contributed by atoms with Crippen LogP contribution in [-0.2, 0) is 6.42 Å². The maximum absolute atomic E-state index is 12.3. The van der Waals surface area contributed by atoms with Crippen molar-refractivity contribution in [3.63, 3.8) is 0 Å². The molecule has 1 unspecified atom stereocenters. The van der Waals surface area contributed by atoms with Crippen molar-refractivity contribution in [2.75, 3.05) is 11.4 Å². The first-order valence-electron chi connectivity index (χ1n) is 6.82. The number of carbonyl (C=O) groups is 1. The number of fused-ring (bicyclic) bond motifs is 1. The van der Waals surface area contributed by atoms with Gasteiger partial charge in [0.25, 0.3) is 0 Å². The minimum Gasteiger partial charge on any atom is -0.508 e. The fourth-order valence-corrected chi connectivity index (χ4v) is 2.76. The molecular formula is C17H17NO2. The topological polar surface area (TPSA) is 40.5 Å². The van der Waals surface area contributed by atoms with Gasteiger partial charge in [0.15, 0.2) is 5.78 Å². The second-order valence-electron chi connectivity index (χ2n) is 5.28. The molecule has 3 nitrogen and oxygen atoms in total. The number of nitrogens with zero attached hydrogens (tertiary/aromatic N) is 1. The molecule has 0 spiro atoms. The molecule has 3 rings (SSSR count). The number of anilines is 1. The predicted octanol–water partition coefficient (Wildman–Crippen LogP) is 3.03. The molecule has 0 saturated carbocycles. The Labute approximate surface area is 118 Å². The molecule has 0 bridgehead atoms. The fraction of sp³-hybridized carbons (Fsp3) is 0.235. The highest BCUT2D eigenvalue weighted by molar-refractivity contribution is 5.99. The Morgan fingerprint density at radius 3 is 2.65 bits per heavy atom. The van der Waals surface area contributed by atoms with E-state index in [0.717, 1.165) is 12.1 Å². The number of carbonyl (C=O) groups excluding carboxylic acids is 1. The molecule has 0 fully saturated rings. The van der Waals surface area contributed by atoms with Crippen LogP contribution in [0.4, 0.5) is 5.69 Å². The zero-order chi connectivity index (χ0) is 14.1. The van der Waals surface area contributed by atoms with Crippen molar-refractivity contribution in [2.24, 2.45) is 0 Å². The Hall–Kier alpha value is -2.29. The van der Waals surface area contributed by atoms with Gasteiger partial charge in [-0.25, -0.2) is 0 Å². The molecule has 1 aliphatic rings.